The van der Waals surface area contributed by atoms with Crippen LogP contribution < -0.4 is 11.1 Å². The van der Waals surface area contributed by atoms with E-state index in [1.807, 2.05) is 13.8 Å². The smallest absolute Gasteiger partial charge is 0.253 e. The molecule has 0 aromatic heterocycles. The molecule has 0 aliphatic heterocycles. The maximum atomic E-state index is 12.2. The van der Waals surface area contributed by atoms with Gasteiger partial charge in [-0.2, -0.15) is 0 Å². The number of rotatable bonds is 5. The van der Waals surface area contributed by atoms with Crippen LogP contribution in [0.3, 0.4) is 0 Å². The molecule has 0 aliphatic carbocycles. The molecular formula is C13H19BrN2O2. The van der Waals surface area contributed by atoms with Crippen molar-refractivity contribution in [2.45, 2.75) is 32.2 Å². The van der Waals surface area contributed by atoms with E-state index in [1.54, 1.807) is 18.2 Å². The molecule has 0 aliphatic rings. The zero-order chi connectivity index (χ0) is 13.8. The summed E-state index contributed by atoms with van der Waals surface area (Å²) in [5.41, 5.74) is 6.27. The Morgan fingerprint density at radius 2 is 2.22 bits per heavy atom. The second-order valence-corrected chi connectivity index (χ2v) is 5.49. The lowest BCUT2D eigenvalue weighted by Gasteiger charge is -2.29. The van der Waals surface area contributed by atoms with Crippen molar-refractivity contribution >= 4 is 27.5 Å². The van der Waals surface area contributed by atoms with E-state index in [-0.39, 0.29) is 12.5 Å². The Kier molecular flexibility index (Phi) is 5.16. The number of nitrogens with two attached hydrogens (primary N) is 1. The number of carbonyl (C=O) groups excluding carboxylic acids is 1. The Morgan fingerprint density at radius 1 is 1.56 bits per heavy atom. The predicted molar refractivity (Wildman–Crippen MR) is 76.4 cm³/mol. The molecule has 0 spiro atoms. The van der Waals surface area contributed by atoms with Crippen LogP contribution in [-0.4, -0.2) is 23.2 Å². The predicted octanol–water partition coefficient (Wildman–Crippen LogP) is 2.31. The van der Waals surface area contributed by atoms with Gasteiger partial charge in [-0.05, 0) is 38.0 Å². The fourth-order valence-corrected chi connectivity index (χ4v) is 2.00. The molecule has 0 saturated carbocycles. The number of aliphatic hydroxyl groups excluding tert-OH is 1. The Bertz CT molecular complexity index is 437. The Morgan fingerprint density at radius 3 is 2.78 bits per heavy atom. The Hall–Kier alpha value is -1.07. The Labute approximate surface area is 116 Å². The van der Waals surface area contributed by atoms with Crippen LogP contribution in [0.1, 0.15) is 37.0 Å². The van der Waals surface area contributed by atoms with Crippen LogP contribution in [0.2, 0.25) is 0 Å². The van der Waals surface area contributed by atoms with E-state index in [2.05, 4.69) is 21.2 Å². The van der Waals surface area contributed by atoms with Gasteiger partial charge in [0.05, 0.1) is 5.56 Å². The zero-order valence-corrected chi connectivity index (χ0v) is 12.3. The first-order valence-electron chi connectivity index (χ1n) is 5.90. The quantitative estimate of drug-likeness (QED) is 0.730. The molecule has 0 heterocycles. The normalized spacial score (nSPS) is 14.0. The van der Waals surface area contributed by atoms with Crippen LogP contribution >= 0.6 is 15.9 Å². The van der Waals surface area contributed by atoms with Crippen molar-refractivity contribution < 1.29 is 9.90 Å². The number of anilines is 1. The number of nitrogen functional groups attached to an aromatic ring is 1. The van der Waals surface area contributed by atoms with Crippen molar-refractivity contribution in [1.29, 1.82) is 0 Å². The highest BCUT2D eigenvalue weighted by Crippen LogP contribution is 2.21. The number of hydrogen-bond donors (Lipinski definition) is 3. The molecule has 4 nitrogen and oxygen atoms in total. The number of amides is 1. The van der Waals surface area contributed by atoms with E-state index in [9.17, 15) is 4.79 Å². The lowest BCUT2D eigenvalue weighted by Crippen LogP contribution is -2.46. The molecular weight excluding hydrogens is 296 g/mol. The highest BCUT2D eigenvalue weighted by molar-refractivity contribution is 9.10. The number of hydrogen-bond acceptors (Lipinski definition) is 3. The fourth-order valence-electron chi connectivity index (χ4n) is 1.64. The molecule has 100 valence electrons. The highest BCUT2D eigenvalue weighted by Gasteiger charge is 2.25. The van der Waals surface area contributed by atoms with Gasteiger partial charge in [-0.15, -0.1) is 0 Å². The van der Waals surface area contributed by atoms with Crippen molar-refractivity contribution in [1.82, 2.24) is 5.32 Å². The van der Waals surface area contributed by atoms with E-state index in [0.717, 1.165) is 10.9 Å². The van der Waals surface area contributed by atoms with Crippen molar-refractivity contribution in [2.24, 2.45) is 0 Å². The van der Waals surface area contributed by atoms with Crippen molar-refractivity contribution in [3.8, 4) is 0 Å². The first-order valence-corrected chi connectivity index (χ1v) is 6.69. The summed E-state index contributed by atoms with van der Waals surface area (Å²) in [6.45, 7) is 3.92. The average Bonchev–Trinajstić information content (AvgIpc) is 2.32. The summed E-state index contributed by atoms with van der Waals surface area (Å²) < 4.78 is 0.808. The van der Waals surface area contributed by atoms with Gasteiger partial charge in [-0.3, -0.25) is 4.79 Å². The topological polar surface area (TPSA) is 75.3 Å². The summed E-state index contributed by atoms with van der Waals surface area (Å²) in [6, 6.07) is 5.17. The number of benzene rings is 1. The molecule has 1 atom stereocenters. The van der Waals surface area contributed by atoms with Gasteiger partial charge < -0.3 is 16.2 Å². The van der Waals surface area contributed by atoms with Gasteiger partial charge in [-0.1, -0.05) is 22.9 Å². The molecule has 18 heavy (non-hydrogen) atoms. The SMILES string of the molecule is CCC(C)(CCO)NC(=O)c1cc(Br)ccc1N. The summed E-state index contributed by atoms with van der Waals surface area (Å²) in [6.07, 6.45) is 1.26. The summed E-state index contributed by atoms with van der Waals surface area (Å²) in [5.74, 6) is -0.216. The molecule has 0 radical (unpaired) electrons. The van der Waals surface area contributed by atoms with E-state index < -0.39 is 5.54 Å². The van der Waals surface area contributed by atoms with E-state index in [4.69, 9.17) is 10.8 Å². The first kappa shape index (κ1) is 15.0. The van der Waals surface area contributed by atoms with Gasteiger partial charge >= 0.3 is 0 Å². The zero-order valence-electron chi connectivity index (χ0n) is 10.7. The first-order chi connectivity index (χ1) is 8.41. The number of halogens is 1. The second kappa shape index (κ2) is 6.20. The maximum absolute atomic E-state index is 12.2. The summed E-state index contributed by atoms with van der Waals surface area (Å²) >= 11 is 3.32. The largest absolute Gasteiger partial charge is 0.398 e. The monoisotopic (exact) mass is 314 g/mol. The highest BCUT2D eigenvalue weighted by atomic mass is 79.9. The van der Waals surface area contributed by atoms with Crippen LogP contribution in [-0.2, 0) is 0 Å². The van der Waals surface area contributed by atoms with Crippen molar-refractivity contribution in [3.63, 3.8) is 0 Å². The van der Waals surface area contributed by atoms with Gasteiger partial charge in [0.25, 0.3) is 5.91 Å². The number of carbonyl (C=O) groups is 1. The molecule has 0 saturated heterocycles. The molecule has 1 aromatic carbocycles. The summed E-state index contributed by atoms with van der Waals surface area (Å²) in [7, 11) is 0. The standard InChI is InChI=1S/C13H19BrN2O2/c1-3-13(2,6-7-17)16-12(18)10-8-9(14)4-5-11(10)15/h4-5,8,17H,3,6-7,15H2,1-2H3,(H,16,18). The molecule has 0 fully saturated rings. The van der Waals surface area contributed by atoms with Crippen LogP contribution in [0, 0.1) is 0 Å². The van der Waals surface area contributed by atoms with Crippen LogP contribution in [0.25, 0.3) is 0 Å². The molecule has 1 aromatic rings. The number of aliphatic hydroxyl groups is 1. The van der Waals surface area contributed by atoms with Gasteiger partial charge in [0.1, 0.15) is 0 Å². The third-order valence-electron chi connectivity index (χ3n) is 3.12. The van der Waals surface area contributed by atoms with E-state index in [0.29, 0.717) is 17.7 Å². The van der Waals surface area contributed by atoms with Crippen LogP contribution in [0.4, 0.5) is 5.69 Å². The molecule has 1 amide bonds. The van der Waals surface area contributed by atoms with Gasteiger partial charge in [0.15, 0.2) is 0 Å². The van der Waals surface area contributed by atoms with E-state index in [1.165, 1.54) is 0 Å². The third-order valence-corrected chi connectivity index (χ3v) is 3.61. The van der Waals surface area contributed by atoms with Gasteiger partial charge in [-0.25, -0.2) is 0 Å². The maximum Gasteiger partial charge on any atom is 0.253 e. The molecule has 5 heteroatoms. The fraction of sp³-hybridized carbons (Fsp3) is 0.462. The molecule has 0 bridgehead atoms. The minimum atomic E-state index is -0.416. The number of nitrogens with one attached hydrogen (secondary N) is 1. The van der Waals surface area contributed by atoms with E-state index >= 15 is 0 Å². The molecule has 1 unspecified atom stereocenters. The van der Waals surface area contributed by atoms with Crippen LogP contribution in [0.5, 0.6) is 0 Å². The minimum Gasteiger partial charge on any atom is -0.398 e. The molecule has 1 rings (SSSR count). The summed E-state index contributed by atoms with van der Waals surface area (Å²) in [5, 5.41) is 12.0. The second-order valence-electron chi connectivity index (χ2n) is 4.57. The molecule has 4 N–H and O–H groups in total. The van der Waals surface area contributed by atoms with Gasteiger partial charge in [0, 0.05) is 22.3 Å². The van der Waals surface area contributed by atoms with Crippen molar-refractivity contribution in [2.75, 3.05) is 12.3 Å². The van der Waals surface area contributed by atoms with Crippen molar-refractivity contribution in [3.05, 3.63) is 28.2 Å². The van der Waals surface area contributed by atoms with Gasteiger partial charge in [0.2, 0.25) is 0 Å². The summed E-state index contributed by atoms with van der Waals surface area (Å²) in [4.78, 5) is 12.2. The lowest BCUT2D eigenvalue weighted by atomic mass is 9.94. The third kappa shape index (κ3) is 3.71. The lowest BCUT2D eigenvalue weighted by molar-refractivity contribution is 0.0887. The minimum absolute atomic E-state index is 0.0403. The van der Waals surface area contributed by atoms with Crippen LogP contribution in [0.15, 0.2) is 22.7 Å². The Balaban J connectivity index is 2.90. The average molecular weight is 315 g/mol.